The summed E-state index contributed by atoms with van der Waals surface area (Å²) in [6, 6.07) is 19.1. The normalized spacial score (nSPS) is 21.3. The summed E-state index contributed by atoms with van der Waals surface area (Å²) in [5.41, 5.74) is 4.34. The fraction of sp³-hybridized carbons (Fsp3) is 0.346. The Labute approximate surface area is 215 Å². The zero-order chi connectivity index (χ0) is 24.4. The van der Waals surface area contributed by atoms with Gasteiger partial charge in [-0.15, -0.1) is 11.3 Å². The summed E-state index contributed by atoms with van der Waals surface area (Å²) in [6.45, 7) is 0.865. The van der Waals surface area contributed by atoms with Crippen molar-refractivity contribution >= 4 is 44.6 Å². The van der Waals surface area contributed by atoms with Crippen LogP contribution in [0.3, 0.4) is 0 Å². The quantitative estimate of drug-likeness (QED) is 0.398. The van der Waals surface area contributed by atoms with Crippen LogP contribution < -0.4 is 15.4 Å². The molecule has 184 valence electrons. The van der Waals surface area contributed by atoms with E-state index in [0.717, 1.165) is 48.3 Å². The van der Waals surface area contributed by atoms with E-state index in [2.05, 4.69) is 27.5 Å². The number of anilines is 1. The summed E-state index contributed by atoms with van der Waals surface area (Å²) in [6.07, 6.45) is 3.62. The van der Waals surface area contributed by atoms with E-state index in [1.807, 2.05) is 36.4 Å². The van der Waals surface area contributed by atoms with Crippen LogP contribution in [0.15, 0.2) is 64.9 Å². The first-order valence-electron chi connectivity index (χ1n) is 11.8. The molecule has 5 rings (SSSR count). The van der Waals surface area contributed by atoms with Crippen LogP contribution >= 0.6 is 22.9 Å². The van der Waals surface area contributed by atoms with E-state index in [1.165, 1.54) is 11.1 Å². The maximum atomic E-state index is 13.0. The fourth-order valence-corrected chi connectivity index (χ4v) is 8.15. The molecule has 2 aliphatic rings. The van der Waals surface area contributed by atoms with Gasteiger partial charge >= 0.3 is 0 Å². The number of carbonyl (C=O) groups is 1. The summed E-state index contributed by atoms with van der Waals surface area (Å²) < 4.78 is 29.6. The lowest BCUT2D eigenvalue weighted by molar-refractivity contribution is -0.115. The van der Waals surface area contributed by atoms with Gasteiger partial charge in [-0.1, -0.05) is 48.0 Å². The molecule has 1 aromatic heterocycles. The van der Waals surface area contributed by atoms with Crippen molar-refractivity contribution in [3.8, 4) is 0 Å². The Morgan fingerprint density at radius 2 is 1.71 bits per heavy atom. The van der Waals surface area contributed by atoms with Crippen LogP contribution in [-0.4, -0.2) is 26.9 Å². The van der Waals surface area contributed by atoms with Gasteiger partial charge in [0.2, 0.25) is 15.9 Å². The molecule has 1 heterocycles. The monoisotopic (exact) mass is 529 g/mol. The van der Waals surface area contributed by atoms with Crippen molar-refractivity contribution in [1.82, 2.24) is 10.0 Å². The van der Waals surface area contributed by atoms with Gasteiger partial charge in [-0.05, 0) is 78.5 Å². The zero-order valence-corrected chi connectivity index (χ0v) is 21.6. The average molecular weight is 530 g/mol. The van der Waals surface area contributed by atoms with Crippen molar-refractivity contribution in [3.63, 3.8) is 0 Å². The van der Waals surface area contributed by atoms with Crippen molar-refractivity contribution in [2.45, 2.75) is 42.5 Å². The molecule has 0 aliphatic heterocycles. The Kier molecular flexibility index (Phi) is 7.27. The third kappa shape index (κ3) is 5.78. The molecule has 35 heavy (non-hydrogen) atoms. The molecular weight excluding hydrogens is 502 g/mol. The van der Waals surface area contributed by atoms with E-state index in [-0.39, 0.29) is 34.5 Å². The van der Waals surface area contributed by atoms with E-state index in [1.54, 1.807) is 12.1 Å². The number of sulfonamides is 1. The van der Waals surface area contributed by atoms with Gasteiger partial charge in [-0.2, -0.15) is 0 Å². The van der Waals surface area contributed by atoms with E-state index in [9.17, 15) is 13.2 Å². The van der Waals surface area contributed by atoms with E-state index in [4.69, 9.17) is 11.6 Å². The van der Waals surface area contributed by atoms with Crippen LogP contribution in [0.4, 0.5) is 5.69 Å². The first-order valence-corrected chi connectivity index (χ1v) is 14.5. The highest BCUT2D eigenvalue weighted by atomic mass is 35.5. The Balaban J connectivity index is 1.22. The molecule has 3 N–H and O–H groups in total. The molecule has 6 nitrogen and oxygen atoms in total. The first kappa shape index (κ1) is 24.5. The second kappa shape index (κ2) is 10.4. The number of rotatable bonds is 8. The number of amides is 1. The molecule has 2 aliphatic carbocycles. The topological polar surface area (TPSA) is 87.3 Å². The van der Waals surface area contributed by atoms with Crippen molar-refractivity contribution < 1.29 is 13.2 Å². The third-order valence-electron chi connectivity index (χ3n) is 6.94. The maximum Gasteiger partial charge on any atom is 0.250 e. The number of nitrogens with one attached hydrogen (secondary N) is 3. The molecule has 3 unspecified atom stereocenters. The molecule has 0 spiro atoms. The largest absolute Gasteiger partial charge is 0.325 e. The summed E-state index contributed by atoms with van der Waals surface area (Å²) in [7, 11) is -3.60. The molecule has 1 amide bonds. The molecule has 0 saturated heterocycles. The molecule has 0 radical (unpaired) electrons. The van der Waals surface area contributed by atoms with Gasteiger partial charge in [-0.25, -0.2) is 13.1 Å². The second-order valence-electron chi connectivity index (χ2n) is 9.33. The molecule has 3 aromatic rings. The highest BCUT2D eigenvalue weighted by Gasteiger charge is 2.41. The fourth-order valence-electron chi connectivity index (χ4n) is 5.28. The highest BCUT2D eigenvalue weighted by molar-refractivity contribution is 7.91. The molecular formula is C26H28ClN3O3S2. The lowest BCUT2D eigenvalue weighted by atomic mass is 9.93. The number of carbonyl (C=O) groups excluding carboxylic acids is 1. The molecule has 1 saturated carbocycles. The van der Waals surface area contributed by atoms with Crippen LogP contribution in [0, 0.1) is 11.8 Å². The van der Waals surface area contributed by atoms with Gasteiger partial charge in [0.25, 0.3) is 0 Å². The Morgan fingerprint density at radius 3 is 2.43 bits per heavy atom. The minimum Gasteiger partial charge on any atom is -0.325 e. The SMILES string of the molecule is O=C(CNCc1ccccc1)Nc1ccc2c(c1)CC1CCC(C2)C1NS(=O)(=O)c1ccc(Cl)s1. The number of benzene rings is 2. The standard InChI is InChI=1S/C26H28ClN3O3S2/c27-23-10-11-25(34-23)35(32,33)30-26-19-6-7-20(26)13-21-14-22(9-8-18(21)12-19)29-24(31)16-28-15-17-4-2-1-3-5-17/h1-5,8-11,14,19-20,26,28,30H,6-7,12-13,15-16H2,(H,29,31). The van der Waals surface area contributed by atoms with E-state index in [0.29, 0.717) is 10.9 Å². The van der Waals surface area contributed by atoms with E-state index >= 15 is 0 Å². The summed E-state index contributed by atoms with van der Waals surface area (Å²) >= 11 is 7.05. The molecule has 3 atom stereocenters. The predicted octanol–water partition coefficient (Wildman–Crippen LogP) is 4.60. The molecule has 9 heteroatoms. The number of hydrogen-bond donors (Lipinski definition) is 3. The Bertz CT molecular complexity index is 1310. The molecule has 1 fully saturated rings. The first-order chi connectivity index (χ1) is 16.9. The summed E-state index contributed by atoms with van der Waals surface area (Å²) in [5, 5.41) is 6.17. The Hall–Kier alpha value is -2.23. The number of thiophene rings is 1. The van der Waals surface area contributed by atoms with Crippen molar-refractivity contribution in [2.24, 2.45) is 11.8 Å². The van der Waals surface area contributed by atoms with E-state index < -0.39 is 10.0 Å². The lowest BCUT2D eigenvalue weighted by Crippen LogP contribution is -2.41. The summed E-state index contributed by atoms with van der Waals surface area (Å²) in [4.78, 5) is 12.5. The van der Waals surface area contributed by atoms with Crippen LogP contribution in [0.5, 0.6) is 0 Å². The average Bonchev–Trinajstić information content (AvgIpc) is 3.38. The van der Waals surface area contributed by atoms with Crippen LogP contribution in [0.1, 0.15) is 29.5 Å². The minimum absolute atomic E-state index is 0.0868. The highest BCUT2D eigenvalue weighted by Crippen LogP contribution is 2.41. The Morgan fingerprint density at radius 1 is 0.971 bits per heavy atom. The van der Waals surface area contributed by atoms with Gasteiger partial charge in [0, 0.05) is 18.3 Å². The third-order valence-corrected chi connectivity index (χ3v) is 10.1. The number of fused-ring (bicyclic) bond motifs is 3. The predicted molar refractivity (Wildman–Crippen MR) is 140 cm³/mol. The van der Waals surface area contributed by atoms with Crippen molar-refractivity contribution in [1.29, 1.82) is 0 Å². The van der Waals surface area contributed by atoms with Gasteiger partial charge in [-0.3, -0.25) is 4.79 Å². The zero-order valence-electron chi connectivity index (χ0n) is 19.2. The summed E-state index contributed by atoms with van der Waals surface area (Å²) in [5.74, 6) is 0.398. The van der Waals surface area contributed by atoms with Crippen LogP contribution in [0.2, 0.25) is 4.34 Å². The van der Waals surface area contributed by atoms with Crippen molar-refractivity contribution in [2.75, 3.05) is 11.9 Å². The van der Waals surface area contributed by atoms with Gasteiger partial charge in [0.05, 0.1) is 10.9 Å². The molecule has 2 aromatic carbocycles. The second-order valence-corrected chi connectivity index (χ2v) is 13.0. The lowest BCUT2D eigenvalue weighted by Gasteiger charge is -2.23. The van der Waals surface area contributed by atoms with Gasteiger partial charge in [0.15, 0.2) is 0 Å². The van der Waals surface area contributed by atoms with Gasteiger partial charge < -0.3 is 10.6 Å². The molecule has 2 bridgehead atoms. The van der Waals surface area contributed by atoms with Crippen LogP contribution in [-0.2, 0) is 34.2 Å². The maximum absolute atomic E-state index is 13.0. The van der Waals surface area contributed by atoms with Crippen molar-refractivity contribution in [3.05, 3.63) is 81.7 Å². The minimum atomic E-state index is -3.60. The number of halogens is 1. The van der Waals surface area contributed by atoms with Crippen LogP contribution in [0.25, 0.3) is 0 Å². The van der Waals surface area contributed by atoms with Gasteiger partial charge in [0.1, 0.15) is 4.21 Å². The number of hydrogen-bond acceptors (Lipinski definition) is 5. The smallest absolute Gasteiger partial charge is 0.250 e.